The van der Waals surface area contributed by atoms with E-state index < -0.39 is 17.4 Å². The molecular weight excluding hydrogens is 573 g/mol. The third kappa shape index (κ3) is 5.39. The zero-order valence-electron chi connectivity index (χ0n) is 23.7. The van der Waals surface area contributed by atoms with E-state index in [2.05, 4.69) is 41.1 Å². The smallest absolute Gasteiger partial charge is 0.433 e. The molecule has 0 spiro atoms. The predicted molar refractivity (Wildman–Crippen MR) is 152 cm³/mol. The molecule has 1 saturated carbocycles. The van der Waals surface area contributed by atoms with Crippen molar-refractivity contribution in [1.29, 1.82) is 5.26 Å². The standard InChI is InChI=1S/C30H29F3N10O/c31-30(32,33)25-12-20(17-42-9-1-7-38-42)13-26(40-25)44-23-3-10-41(11-4-23)22-14-29(15-22,5-6-34)43-18-21(16-39-43)27-24-2-8-35-28(24)37-19-36-27/h1-2,7-9,12-13,16,18-19,22-23H,3-5,10-11,14-15,17H2,(H,35,36,37). The highest BCUT2D eigenvalue weighted by atomic mass is 19.4. The predicted octanol–water partition coefficient (Wildman–Crippen LogP) is 4.79. The summed E-state index contributed by atoms with van der Waals surface area (Å²) in [6, 6.07) is 8.88. The van der Waals surface area contributed by atoms with Crippen LogP contribution in [0.4, 0.5) is 13.2 Å². The molecule has 11 nitrogen and oxygen atoms in total. The van der Waals surface area contributed by atoms with Gasteiger partial charge in [-0.25, -0.2) is 15.0 Å². The average Bonchev–Trinajstić information content (AvgIpc) is 3.77. The summed E-state index contributed by atoms with van der Waals surface area (Å²) >= 11 is 0. The van der Waals surface area contributed by atoms with Gasteiger partial charge in [-0.15, -0.1) is 0 Å². The van der Waals surface area contributed by atoms with Gasteiger partial charge in [-0.05, 0) is 49.4 Å². The van der Waals surface area contributed by atoms with E-state index in [9.17, 15) is 18.4 Å². The number of nitrogens with one attached hydrogen (secondary N) is 1. The highest BCUT2D eigenvalue weighted by Gasteiger charge is 2.49. The zero-order chi connectivity index (χ0) is 30.3. The largest absolute Gasteiger partial charge is 0.474 e. The number of nitrogens with zero attached hydrogens (tertiary/aromatic N) is 9. The van der Waals surface area contributed by atoms with Crippen LogP contribution >= 0.6 is 0 Å². The Hall–Kier alpha value is -4.77. The van der Waals surface area contributed by atoms with Crippen LogP contribution in [0.5, 0.6) is 5.88 Å². The molecule has 0 unspecified atom stereocenters. The molecule has 6 heterocycles. The zero-order valence-corrected chi connectivity index (χ0v) is 23.7. The molecule has 2 aliphatic rings. The molecule has 2 fully saturated rings. The fourth-order valence-corrected chi connectivity index (χ4v) is 6.41. The normalized spacial score (nSPS) is 21.3. The highest BCUT2D eigenvalue weighted by Crippen LogP contribution is 2.45. The number of nitriles is 1. The maximum absolute atomic E-state index is 13.6. The van der Waals surface area contributed by atoms with E-state index in [0.717, 1.165) is 54.3 Å². The van der Waals surface area contributed by atoms with E-state index >= 15 is 0 Å². The van der Waals surface area contributed by atoms with Crippen molar-refractivity contribution in [2.75, 3.05) is 13.1 Å². The van der Waals surface area contributed by atoms with E-state index in [1.165, 1.54) is 6.33 Å². The van der Waals surface area contributed by atoms with Crippen LogP contribution in [0.2, 0.25) is 0 Å². The number of pyridine rings is 1. The van der Waals surface area contributed by atoms with Crippen LogP contribution < -0.4 is 4.74 Å². The van der Waals surface area contributed by atoms with Crippen LogP contribution in [0, 0.1) is 11.3 Å². The fraction of sp³-hybridized carbons (Fsp3) is 0.400. The molecule has 5 aromatic heterocycles. The van der Waals surface area contributed by atoms with Crippen molar-refractivity contribution in [3.05, 3.63) is 72.8 Å². The second-order valence-corrected chi connectivity index (χ2v) is 11.5. The molecule has 1 aliphatic heterocycles. The lowest BCUT2D eigenvalue weighted by atomic mass is 9.69. The molecule has 226 valence electrons. The quantitative estimate of drug-likeness (QED) is 0.269. The number of halogens is 3. The SMILES string of the molecule is N#CCC1(n2cc(-c3ncnc4[nH]ccc34)cn2)CC(N2CCC(Oc3cc(Cn4cccn4)cc(C(F)(F)F)n3)CC2)C1. The van der Waals surface area contributed by atoms with Gasteiger partial charge in [0.15, 0.2) is 0 Å². The molecule has 0 aromatic carbocycles. The van der Waals surface area contributed by atoms with Gasteiger partial charge in [-0.2, -0.15) is 28.6 Å². The molecule has 7 rings (SSSR count). The van der Waals surface area contributed by atoms with Crippen molar-refractivity contribution in [2.24, 2.45) is 0 Å². The van der Waals surface area contributed by atoms with E-state index in [1.54, 1.807) is 35.4 Å². The second kappa shape index (κ2) is 11.1. The van der Waals surface area contributed by atoms with Crippen molar-refractivity contribution in [2.45, 2.75) is 62.5 Å². The number of hydrogen-bond donors (Lipinski definition) is 1. The third-order valence-corrected chi connectivity index (χ3v) is 8.67. The number of hydrogen-bond acceptors (Lipinski definition) is 8. The first kappa shape index (κ1) is 28.0. The first-order valence-corrected chi connectivity index (χ1v) is 14.5. The maximum Gasteiger partial charge on any atom is 0.433 e. The van der Waals surface area contributed by atoms with Gasteiger partial charge in [0.1, 0.15) is 23.8 Å². The lowest BCUT2D eigenvalue weighted by Crippen LogP contribution is -2.58. The summed E-state index contributed by atoms with van der Waals surface area (Å²) in [5, 5.41) is 19.3. The Labute approximate surface area is 250 Å². The maximum atomic E-state index is 13.6. The number of rotatable bonds is 8. The second-order valence-electron chi connectivity index (χ2n) is 11.5. The van der Waals surface area contributed by atoms with E-state index in [0.29, 0.717) is 24.8 Å². The van der Waals surface area contributed by atoms with E-state index in [1.807, 2.05) is 23.1 Å². The minimum Gasteiger partial charge on any atom is -0.474 e. The van der Waals surface area contributed by atoms with Gasteiger partial charge in [-0.3, -0.25) is 14.3 Å². The number of H-pyrrole nitrogens is 1. The summed E-state index contributed by atoms with van der Waals surface area (Å²) in [5.74, 6) is -0.0211. The van der Waals surface area contributed by atoms with Gasteiger partial charge in [0.05, 0.1) is 36.5 Å². The monoisotopic (exact) mass is 602 g/mol. The van der Waals surface area contributed by atoms with Crippen LogP contribution in [0.3, 0.4) is 0 Å². The number of likely N-dealkylation sites (tertiary alicyclic amines) is 1. The fourth-order valence-electron chi connectivity index (χ4n) is 6.41. The number of aromatic nitrogens is 8. The molecule has 0 bridgehead atoms. The first-order valence-electron chi connectivity index (χ1n) is 14.5. The van der Waals surface area contributed by atoms with Crippen LogP contribution in [0.15, 0.2) is 61.6 Å². The molecule has 0 radical (unpaired) electrons. The average molecular weight is 603 g/mol. The van der Waals surface area contributed by atoms with Crippen molar-refractivity contribution in [3.63, 3.8) is 0 Å². The van der Waals surface area contributed by atoms with Gasteiger partial charge >= 0.3 is 6.18 Å². The Kier molecular flexibility index (Phi) is 7.04. The van der Waals surface area contributed by atoms with Crippen LogP contribution in [0.1, 0.15) is 43.4 Å². The molecule has 1 N–H and O–H groups in total. The topological polar surface area (TPSA) is 126 Å². The summed E-state index contributed by atoms with van der Waals surface area (Å²) < 4.78 is 50.2. The number of fused-ring (bicyclic) bond motifs is 1. The van der Waals surface area contributed by atoms with Gasteiger partial charge in [0, 0.05) is 60.9 Å². The Bertz CT molecular complexity index is 1790. The molecule has 5 aromatic rings. The Morgan fingerprint density at radius 3 is 2.73 bits per heavy atom. The van der Waals surface area contributed by atoms with Crippen LogP contribution in [-0.2, 0) is 18.3 Å². The van der Waals surface area contributed by atoms with E-state index in [4.69, 9.17) is 4.74 Å². The van der Waals surface area contributed by atoms with E-state index in [-0.39, 0.29) is 24.6 Å². The Balaban J connectivity index is 0.994. The molecular formula is C30H29F3N10O. The Morgan fingerprint density at radius 1 is 1.14 bits per heavy atom. The number of aromatic amines is 1. The molecule has 14 heteroatoms. The summed E-state index contributed by atoms with van der Waals surface area (Å²) in [6.07, 6.45) is 8.78. The lowest BCUT2D eigenvalue weighted by Gasteiger charge is -2.52. The van der Waals surface area contributed by atoms with Crippen molar-refractivity contribution < 1.29 is 17.9 Å². The number of alkyl halides is 3. The van der Waals surface area contributed by atoms with Crippen molar-refractivity contribution in [1.82, 2.24) is 44.4 Å². The summed E-state index contributed by atoms with van der Waals surface area (Å²) in [7, 11) is 0. The van der Waals surface area contributed by atoms with Gasteiger partial charge < -0.3 is 9.72 Å². The van der Waals surface area contributed by atoms with Gasteiger partial charge in [0.25, 0.3) is 0 Å². The van der Waals surface area contributed by atoms with Gasteiger partial charge in [-0.1, -0.05) is 0 Å². The molecule has 0 atom stereocenters. The number of ether oxygens (including phenoxy) is 1. The third-order valence-electron chi connectivity index (χ3n) is 8.67. The van der Waals surface area contributed by atoms with Crippen LogP contribution in [-0.4, -0.2) is 69.6 Å². The molecule has 1 saturated heterocycles. The lowest BCUT2D eigenvalue weighted by molar-refractivity contribution is -0.141. The van der Waals surface area contributed by atoms with Gasteiger partial charge in [0.2, 0.25) is 5.88 Å². The first-order chi connectivity index (χ1) is 21.3. The minimum atomic E-state index is -4.58. The minimum absolute atomic E-state index is 0.0211. The highest BCUT2D eigenvalue weighted by molar-refractivity contribution is 5.90. The summed E-state index contributed by atoms with van der Waals surface area (Å²) in [5.41, 5.74) is 1.46. The Morgan fingerprint density at radius 2 is 1.98 bits per heavy atom. The summed E-state index contributed by atoms with van der Waals surface area (Å²) in [6.45, 7) is 1.68. The molecule has 1 aliphatic carbocycles. The molecule has 0 amide bonds. The van der Waals surface area contributed by atoms with Crippen molar-refractivity contribution in [3.8, 4) is 23.2 Å². The summed E-state index contributed by atoms with van der Waals surface area (Å²) in [4.78, 5) is 18.0. The number of piperidine rings is 1. The van der Waals surface area contributed by atoms with Crippen LogP contribution in [0.25, 0.3) is 22.3 Å². The van der Waals surface area contributed by atoms with Crippen molar-refractivity contribution >= 4 is 11.0 Å². The molecule has 44 heavy (non-hydrogen) atoms.